The van der Waals surface area contributed by atoms with Gasteiger partial charge in [-0.1, -0.05) is 18.2 Å². The molecule has 2 fully saturated rings. The summed E-state index contributed by atoms with van der Waals surface area (Å²) in [4.78, 5) is 51.9. The van der Waals surface area contributed by atoms with Gasteiger partial charge in [0.2, 0.25) is 11.8 Å². The molecule has 1 atom stereocenters. The molecule has 0 unspecified atom stereocenters. The number of hydrogen-bond donors (Lipinski definition) is 3. The molecule has 2 aromatic rings. The highest BCUT2D eigenvalue weighted by Gasteiger charge is 2.44. The molecule has 0 bridgehead atoms. The van der Waals surface area contributed by atoms with Crippen LogP contribution in [0.5, 0.6) is 0 Å². The van der Waals surface area contributed by atoms with Crippen LogP contribution in [-0.4, -0.2) is 73.7 Å². The van der Waals surface area contributed by atoms with Crippen LogP contribution in [0, 0.1) is 0 Å². The quantitative estimate of drug-likeness (QED) is 0.402. The number of anilines is 1. The highest BCUT2D eigenvalue weighted by Crippen LogP contribution is 2.30. The number of piperidine rings is 1. The summed E-state index contributed by atoms with van der Waals surface area (Å²) in [5.41, 5.74) is 1.53. The van der Waals surface area contributed by atoms with Crippen LogP contribution in [0.1, 0.15) is 33.6 Å². The summed E-state index contributed by atoms with van der Waals surface area (Å²) in [6.45, 7) is 3.40. The van der Waals surface area contributed by atoms with E-state index in [4.69, 9.17) is 4.55 Å². The zero-order chi connectivity index (χ0) is 25.2. The van der Waals surface area contributed by atoms with Gasteiger partial charge in [-0.05, 0) is 36.8 Å². The van der Waals surface area contributed by atoms with Gasteiger partial charge < -0.3 is 10.2 Å². The van der Waals surface area contributed by atoms with E-state index in [2.05, 4.69) is 15.5 Å². The number of hydrogen-bond acceptors (Lipinski definition) is 8. The number of amides is 4. The highest BCUT2D eigenvalue weighted by molar-refractivity contribution is 7.85. The summed E-state index contributed by atoms with van der Waals surface area (Å²) in [6, 6.07) is 11.7. The first-order valence-electron chi connectivity index (χ1n) is 11.0. The fourth-order valence-corrected chi connectivity index (χ4v) is 4.67. The van der Waals surface area contributed by atoms with E-state index < -0.39 is 33.9 Å². The van der Waals surface area contributed by atoms with Crippen LogP contribution in [-0.2, 0) is 19.7 Å². The van der Waals surface area contributed by atoms with Crippen molar-refractivity contribution in [3.05, 3.63) is 59.7 Å². The van der Waals surface area contributed by atoms with Crippen LogP contribution >= 0.6 is 0 Å². The molecule has 3 aliphatic heterocycles. The molecule has 2 saturated heterocycles. The molecule has 3 heterocycles. The van der Waals surface area contributed by atoms with E-state index in [9.17, 15) is 27.6 Å². The Labute approximate surface area is 201 Å². The molecular formula is C23H24N4O7S. The number of carbonyl (C=O) groups is 4. The third-order valence-corrected chi connectivity index (χ3v) is 6.81. The van der Waals surface area contributed by atoms with Crippen molar-refractivity contribution in [3.63, 3.8) is 0 Å². The molecule has 184 valence electrons. The standard InChI is InChI=1S/C17H18N4O4.C6H6O3S/c22-14-4-3-13(15(23)19-14)21-16(24)11-2-1-10(9-12(11)17(21)25)20-7-5-18-6-8-20;7-10(8,9)6-4-2-1-3-5-6/h1-2,9,13,18H,3-8H2,(H,19,22,23);1-5H,(H,7,8,9)/t13-;/m0./s1. The van der Waals surface area contributed by atoms with E-state index in [0.29, 0.717) is 11.1 Å². The number of nitrogens with zero attached hydrogens (tertiary/aromatic N) is 2. The van der Waals surface area contributed by atoms with E-state index in [0.717, 1.165) is 36.8 Å². The van der Waals surface area contributed by atoms with Gasteiger partial charge in [0.15, 0.2) is 0 Å². The maximum Gasteiger partial charge on any atom is 0.294 e. The zero-order valence-corrected chi connectivity index (χ0v) is 19.5. The molecule has 11 nitrogen and oxygen atoms in total. The summed E-state index contributed by atoms with van der Waals surface area (Å²) in [5, 5.41) is 5.47. The van der Waals surface area contributed by atoms with Crippen molar-refractivity contribution < 1.29 is 32.1 Å². The summed E-state index contributed by atoms with van der Waals surface area (Å²) in [7, 11) is -4.00. The molecule has 5 rings (SSSR count). The lowest BCUT2D eigenvalue weighted by molar-refractivity contribution is -0.136. The minimum atomic E-state index is -4.00. The van der Waals surface area contributed by atoms with Crippen LogP contribution in [0.2, 0.25) is 0 Å². The Morgan fingerprint density at radius 3 is 2.14 bits per heavy atom. The van der Waals surface area contributed by atoms with E-state index in [1.165, 1.54) is 12.1 Å². The largest absolute Gasteiger partial charge is 0.369 e. The van der Waals surface area contributed by atoms with Gasteiger partial charge in [-0.15, -0.1) is 0 Å². The fraction of sp³-hybridized carbons (Fsp3) is 0.304. The first kappa shape index (κ1) is 24.5. The number of piperazine rings is 1. The van der Waals surface area contributed by atoms with Gasteiger partial charge in [0.25, 0.3) is 21.9 Å². The lowest BCUT2D eigenvalue weighted by atomic mass is 10.0. The van der Waals surface area contributed by atoms with Crippen molar-refractivity contribution in [2.45, 2.75) is 23.8 Å². The van der Waals surface area contributed by atoms with Crippen LogP contribution in [0.15, 0.2) is 53.4 Å². The van der Waals surface area contributed by atoms with Crippen molar-refractivity contribution in [2.24, 2.45) is 0 Å². The predicted octanol–water partition coefficient (Wildman–Crippen LogP) is 0.431. The van der Waals surface area contributed by atoms with Crippen molar-refractivity contribution in [2.75, 3.05) is 31.1 Å². The van der Waals surface area contributed by atoms with E-state index in [1.54, 1.807) is 30.3 Å². The third kappa shape index (κ3) is 5.24. The van der Waals surface area contributed by atoms with Gasteiger partial charge in [0.1, 0.15) is 6.04 Å². The molecule has 0 saturated carbocycles. The third-order valence-electron chi connectivity index (χ3n) is 5.95. The summed E-state index contributed by atoms with van der Waals surface area (Å²) in [6.07, 6.45) is 0.288. The van der Waals surface area contributed by atoms with Gasteiger partial charge in [-0.2, -0.15) is 8.42 Å². The van der Waals surface area contributed by atoms with Crippen LogP contribution in [0.3, 0.4) is 0 Å². The lowest BCUT2D eigenvalue weighted by Gasteiger charge is -2.29. The highest BCUT2D eigenvalue weighted by atomic mass is 32.2. The first-order valence-corrected chi connectivity index (χ1v) is 12.4. The Morgan fingerprint density at radius 1 is 0.886 bits per heavy atom. The topological polar surface area (TPSA) is 153 Å². The van der Waals surface area contributed by atoms with Crippen LogP contribution in [0.25, 0.3) is 0 Å². The van der Waals surface area contributed by atoms with E-state index in [1.807, 2.05) is 6.07 Å². The maximum absolute atomic E-state index is 12.8. The predicted molar refractivity (Wildman–Crippen MR) is 124 cm³/mol. The van der Waals surface area contributed by atoms with Crippen LogP contribution in [0.4, 0.5) is 5.69 Å². The molecule has 0 spiro atoms. The van der Waals surface area contributed by atoms with Crippen molar-refractivity contribution in [3.8, 4) is 0 Å². The Balaban J connectivity index is 0.000000243. The molecule has 0 aromatic heterocycles. The summed E-state index contributed by atoms with van der Waals surface area (Å²) < 4.78 is 29.2. The minimum Gasteiger partial charge on any atom is -0.369 e. The summed E-state index contributed by atoms with van der Waals surface area (Å²) >= 11 is 0. The zero-order valence-electron chi connectivity index (χ0n) is 18.6. The number of fused-ring (bicyclic) bond motifs is 1. The molecule has 0 radical (unpaired) electrons. The van der Waals surface area contributed by atoms with E-state index in [-0.39, 0.29) is 23.6 Å². The molecule has 2 aromatic carbocycles. The molecular weight excluding hydrogens is 476 g/mol. The normalized spacial score (nSPS) is 20.2. The van der Waals surface area contributed by atoms with Crippen molar-refractivity contribution in [1.82, 2.24) is 15.5 Å². The number of nitrogens with one attached hydrogen (secondary N) is 2. The van der Waals surface area contributed by atoms with Crippen molar-refractivity contribution in [1.29, 1.82) is 0 Å². The molecule has 3 aliphatic rings. The summed E-state index contributed by atoms with van der Waals surface area (Å²) in [5.74, 6) is -1.90. The average molecular weight is 501 g/mol. The SMILES string of the molecule is O=C1CC[C@H](N2C(=O)c3ccc(N4CCNCC4)cc3C2=O)C(=O)N1.O=S(=O)(O)c1ccccc1. The fourth-order valence-electron chi connectivity index (χ4n) is 4.17. The van der Waals surface area contributed by atoms with Gasteiger partial charge in [-0.3, -0.25) is 33.9 Å². The van der Waals surface area contributed by atoms with Gasteiger partial charge >= 0.3 is 0 Å². The Bertz CT molecular complexity index is 1270. The number of rotatable bonds is 3. The van der Waals surface area contributed by atoms with Gasteiger partial charge in [-0.25, -0.2) is 0 Å². The number of benzene rings is 2. The Morgan fingerprint density at radius 2 is 1.54 bits per heavy atom. The van der Waals surface area contributed by atoms with Gasteiger partial charge in [0.05, 0.1) is 16.0 Å². The minimum absolute atomic E-state index is 0.0741. The average Bonchev–Trinajstić information content (AvgIpc) is 3.10. The van der Waals surface area contributed by atoms with Crippen molar-refractivity contribution >= 4 is 39.4 Å². The number of carbonyl (C=O) groups excluding carboxylic acids is 4. The maximum atomic E-state index is 12.8. The second-order valence-electron chi connectivity index (χ2n) is 8.20. The molecule has 3 N–H and O–H groups in total. The lowest BCUT2D eigenvalue weighted by Crippen LogP contribution is -2.54. The monoisotopic (exact) mass is 500 g/mol. The Kier molecular flexibility index (Phi) is 6.96. The first-order chi connectivity index (χ1) is 16.7. The number of imide groups is 2. The second kappa shape index (κ2) is 9.94. The molecule has 4 amide bonds. The Hall–Kier alpha value is -3.61. The van der Waals surface area contributed by atoms with Gasteiger partial charge in [0, 0.05) is 38.3 Å². The van der Waals surface area contributed by atoms with Crippen LogP contribution < -0.4 is 15.5 Å². The van der Waals surface area contributed by atoms with E-state index >= 15 is 0 Å². The second-order valence-corrected chi connectivity index (χ2v) is 9.62. The molecule has 0 aliphatic carbocycles. The smallest absolute Gasteiger partial charge is 0.294 e. The molecule has 12 heteroatoms. The molecule has 35 heavy (non-hydrogen) atoms.